The van der Waals surface area contributed by atoms with Crippen LogP contribution in [0, 0.1) is 0 Å². The first-order chi connectivity index (χ1) is 9.28. The Morgan fingerprint density at radius 2 is 1.90 bits per heavy atom. The van der Waals surface area contributed by atoms with E-state index in [1.54, 1.807) is 0 Å². The van der Waals surface area contributed by atoms with Crippen molar-refractivity contribution in [2.45, 2.75) is 45.7 Å². The lowest BCUT2D eigenvalue weighted by Crippen LogP contribution is -3.00. The molecule has 0 saturated heterocycles. The van der Waals surface area contributed by atoms with E-state index in [-0.39, 0.29) is 12.4 Å². The van der Waals surface area contributed by atoms with Crippen molar-refractivity contribution in [2.24, 2.45) is 0 Å². The minimum Gasteiger partial charge on any atom is -1.00 e. The Morgan fingerprint density at radius 1 is 1.15 bits per heavy atom. The number of imidazole rings is 1. The molecule has 0 N–H and O–H groups in total. The minimum atomic E-state index is 0. The highest BCUT2D eigenvalue weighted by Gasteiger charge is 2.02. The van der Waals surface area contributed by atoms with E-state index in [4.69, 9.17) is 11.6 Å². The molecule has 0 unspecified atom stereocenters. The lowest BCUT2D eigenvalue weighted by molar-refractivity contribution is -0.696. The van der Waals surface area contributed by atoms with Gasteiger partial charge in [-0.05, 0) is 43.4 Å². The number of benzene rings is 1. The second kappa shape index (κ2) is 9.04. The normalized spacial score (nSPS) is 10.3. The Morgan fingerprint density at radius 3 is 2.60 bits per heavy atom. The van der Waals surface area contributed by atoms with Gasteiger partial charge in [-0.1, -0.05) is 30.7 Å². The molecule has 0 aliphatic carbocycles. The first kappa shape index (κ1) is 17.1. The number of hydrogen-bond donors (Lipinski definition) is 0. The molecule has 2 nitrogen and oxygen atoms in total. The molecule has 0 atom stereocenters. The molecule has 0 aliphatic rings. The number of nitrogens with zero attached hydrogens (tertiary/aromatic N) is 2. The summed E-state index contributed by atoms with van der Waals surface area (Å²) in [5.41, 5.74) is 1.37. The monoisotopic (exact) mass is 312 g/mol. The molecule has 1 heterocycles. The molecule has 110 valence electrons. The summed E-state index contributed by atoms with van der Waals surface area (Å²) >= 11 is 5.88. The quantitative estimate of drug-likeness (QED) is 0.530. The van der Waals surface area contributed by atoms with Gasteiger partial charge in [0, 0.05) is 5.02 Å². The number of hydrogen-bond acceptors (Lipinski definition) is 0. The number of aromatic nitrogens is 2. The Kier molecular flexibility index (Phi) is 7.71. The zero-order chi connectivity index (χ0) is 13.5. The summed E-state index contributed by atoms with van der Waals surface area (Å²) in [6, 6.07) is 8.17. The molecule has 20 heavy (non-hydrogen) atoms. The van der Waals surface area contributed by atoms with Gasteiger partial charge < -0.3 is 12.4 Å². The van der Waals surface area contributed by atoms with Gasteiger partial charge in [0.2, 0.25) is 6.33 Å². The molecule has 1 aromatic carbocycles. The van der Waals surface area contributed by atoms with Crippen molar-refractivity contribution in [3.8, 4) is 0 Å². The summed E-state index contributed by atoms with van der Waals surface area (Å²) in [7, 11) is 0. The van der Waals surface area contributed by atoms with Crippen molar-refractivity contribution in [3.63, 3.8) is 0 Å². The van der Waals surface area contributed by atoms with Gasteiger partial charge in [-0.2, -0.15) is 0 Å². The largest absolute Gasteiger partial charge is 1.00 e. The van der Waals surface area contributed by atoms with E-state index in [2.05, 4.69) is 46.9 Å². The maximum Gasteiger partial charge on any atom is 0.243 e. The van der Waals surface area contributed by atoms with Gasteiger partial charge in [-0.15, -0.1) is 0 Å². The topological polar surface area (TPSA) is 8.81 Å². The number of halogens is 2. The first-order valence-corrected chi connectivity index (χ1v) is 7.45. The molecule has 0 saturated carbocycles. The molecular formula is C16H22Cl2N2. The van der Waals surface area contributed by atoms with Gasteiger partial charge in [-0.25, -0.2) is 9.13 Å². The predicted molar refractivity (Wildman–Crippen MR) is 79.3 cm³/mol. The van der Waals surface area contributed by atoms with E-state index < -0.39 is 0 Å². The van der Waals surface area contributed by atoms with Gasteiger partial charge in [0.05, 0.1) is 13.1 Å². The van der Waals surface area contributed by atoms with Gasteiger partial charge >= 0.3 is 0 Å². The fraction of sp³-hybridized carbons (Fsp3) is 0.438. The predicted octanol–water partition coefficient (Wildman–Crippen LogP) is 0.866. The van der Waals surface area contributed by atoms with E-state index in [1.807, 2.05) is 12.1 Å². The summed E-state index contributed by atoms with van der Waals surface area (Å²) in [5, 5.41) is 0.816. The average molecular weight is 313 g/mol. The molecule has 1 aromatic heterocycles. The summed E-state index contributed by atoms with van der Waals surface area (Å²) in [6.07, 6.45) is 11.3. The van der Waals surface area contributed by atoms with Crippen molar-refractivity contribution in [3.05, 3.63) is 53.6 Å². The fourth-order valence-electron chi connectivity index (χ4n) is 2.24. The van der Waals surface area contributed by atoms with Crippen molar-refractivity contribution in [1.82, 2.24) is 4.57 Å². The highest BCUT2D eigenvalue weighted by molar-refractivity contribution is 6.30. The number of rotatable bonds is 7. The van der Waals surface area contributed by atoms with Crippen LogP contribution in [0.4, 0.5) is 0 Å². The smallest absolute Gasteiger partial charge is 0.243 e. The van der Waals surface area contributed by atoms with Crippen LogP contribution in [0.2, 0.25) is 5.02 Å². The third-order valence-electron chi connectivity index (χ3n) is 3.27. The maximum absolute atomic E-state index is 5.88. The van der Waals surface area contributed by atoms with E-state index in [0.717, 1.165) is 24.5 Å². The van der Waals surface area contributed by atoms with Crippen molar-refractivity contribution < 1.29 is 17.0 Å². The SMILES string of the molecule is CCC[n+]1ccn(CCCCc2ccc(Cl)cc2)c1.[Cl-]. The van der Waals surface area contributed by atoms with E-state index in [0.29, 0.717) is 0 Å². The van der Waals surface area contributed by atoms with Crippen LogP contribution in [-0.2, 0) is 19.5 Å². The molecule has 4 heteroatoms. The lowest BCUT2D eigenvalue weighted by atomic mass is 10.1. The molecule has 0 bridgehead atoms. The van der Waals surface area contributed by atoms with Crippen molar-refractivity contribution in [2.75, 3.05) is 0 Å². The third-order valence-corrected chi connectivity index (χ3v) is 3.53. The molecule has 2 aromatic rings. The first-order valence-electron chi connectivity index (χ1n) is 7.07. The average Bonchev–Trinajstić information content (AvgIpc) is 2.85. The van der Waals surface area contributed by atoms with Gasteiger partial charge in [-0.3, -0.25) is 0 Å². The molecule has 0 radical (unpaired) electrons. The van der Waals surface area contributed by atoms with E-state index in [1.165, 1.54) is 24.8 Å². The van der Waals surface area contributed by atoms with Crippen molar-refractivity contribution >= 4 is 11.6 Å². The Labute approximate surface area is 132 Å². The molecule has 0 aliphatic heterocycles. The summed E-state index contributed by atoms with van der Waals surface area (Å²) in [4.78, 5) is 0. The highest BCUT2D eigenvalue weighted by atomic mass is 35.5. The second-order valence-corrected chi connectivity index (χ2v) is 5.41. The number of unbranched alkanes of at least 4 members (excludes halogenated alkanes) is 1. The second-order valence-electron chi connectivity index (χ2n) is 4.97. The molecular weight excluding hydrogens is 291 g/mol. The Balaban J connectivity index is 0.00000200. The summed E-state index contributed by atoms with van der Waals surface area (Å²) in [6.45, 7) is 4.42. The van der Waals surface area contributed by atoms with E-state index >= 15 is 0 Å². The van der Waals surface area contributed by atoms with Gasteiger partial charge in [0.1, 0.15) is 12.4 Å². The van der Waals surface area contributed by atoms with Crippen LogP contribution >= 0.6 is 11.6 Å². The van der Waals surface area contributed by atoms with Crippen LogP contribution in [0.15, 0.2) is 43.0 Å². The zero-order valence-corrected chi connectivity index (χ0v) is 13.4. The van der Waals surface area contributed by atoms with Crippen LogP contribution in [0.25, 0.3) is 0 Å². The maximum atomic E-state index is 5.88. The molecule has 0 fully saturated rings. The van der Waals surface area contributed by atoms with Crippen molar-refractivity contribution in [1.29, 1.82) is 0 Å². The molecule has 0 spiro atoms. The van der Waals surface area contributed by atoms with Gasteiger partial charge in [0.25, 0.3) is 0 Å². The van der Waals surface area contributed by atoms with Gasteiger partial charge in [0.15, 0.2) is 0 Å². The molecule has 0 amide bonds. The minimum absolute atomic E-state index is 0. The van der Waals surface area contributed by atoms with Crippen LogP contribution in [-0.4, -0.2) is 4.57 Å². The van der Waals surface area contributed by atoms with Crippen LogP contribution in [0.3, 0.4) is 0 Å². The van der Waals surface area contributed by atoms with Crippen LogP contribution in [0.5, 0.6) is 0 Å². The highest BCUT2D eigenvalue weighted by Crippen LogP contribution is 2.11. The Hall–Kier alpha value is -0.990. The number of aryl methyl sites for hydroxylation is 3. The van der Waals surface area contributed by atoms with E-state index in [9.17, 15) is 0 Å². The standard InChI is InChI=1S/C16H22ClN2.ClH/c1-2-10-18-12-13-19(14-18)11-4-3-5-15-6-8-16(17)9-7-15;/h6-9,12-14H,2-5,10-11H2,1H3;1H/q+1;/p-1. The lowest BCUT2D eigenvalue weighted by Gasteiger charge is -2.01. The fourth-order valence-corrected chi connectivity index (χ4v) is 2.36. The third kappa shape index (κ3) is 5.56. The summed E-state index contributed by atoms with van der Waals surface area (Å²) < 4.78 is 4.52. The van der Waals surface area contributed by atoms with Crippen LogP contribution < -0.4 is 17.0 Å². The summed E-state index contributed by atoms with van der Waals surface area (Å²) in [5.74, 6) is 0. The van der Waals surface area contributed by atoms with Crippen LogP contribution in [0.1, 0.15) is 31.7 Å². The Bertz CT molecular complexity index is 491. The molecule has 2 rings (SSSR count). The zero-order valence-electron chi connectivity index (χ0n) is 11.9.